The summed E-state index contributed by atoms with van der Waals surface area (Å²) >= 11 is 0. The fourth-order valence-electron chi connectivity index (χ4n) is 3.95. The third-order valence-corrected chi connectivity index (χ3v) is 8.53. The zero-order valence-corrected chi connectivity index (χ0v) is 19.5. The third kappa shape index (κ3) is 4.46. The number of nitrogen functional groups attached to an aromatic ring is 1. The highest BCUT2D eigenvalue weighted by molar-refractivity contribution is 7.92. The Bertz CT molecular complexity index is 1280. The van der Waals surface area contributed by atoms with Gasteiger partial charge in [-0.05, 0) is 62.6 Å². The molecule has 5 N–H and O–H groups in total. The number of hydrogen-bond donors (Lipinski definition) is 4. The van der Waals surface area contributed by atoms with Crippen LogP contribution in [0.1, 0.15) is 31.9 Å². The van der Waals surface area contributed by atoms with Crippen LogP contribution in [0.4, 0.5) is 16.3 Å². The fourth-order valence-corrected chi connectivity index (χ4v) is 6.13. The first kappa shape index (κ1) is 23.7. The number of nitrogens with one attached hydrogen (secondary N) is 2. The normalized spacial score (nSPS) is 15.7. The minimum Gasteiger partial charge on any atom is -0.394 e. The second-order valence-corrected chi connectivity index (χ2v) is 10.7. The average molecular weight is 482 g/mol. The van der Waals surface area contributed by atoms with Crippen molar-refractivity contribution in [2.24, 2.45) is 0 Å². The van der Waals surface area contributed by atoms with Gasteiger partial charge in [0.05, 0.1) is 23.2 Å². The van der Waals surface area contributed by atoms with E-state index in [1.807, 2.05) is 0 Å². The Hall–Kier alpha value is -3.50. The summed E-state index contributed by atoms with van der Waals surface area (Å²) in [7, 11) is -3.68. The van der Waals surface area contributed by atoms with E-state index in [4.69, 9.17) is 10.8 Å². The van der Waals surface area contributed by atoms with Crippen LogP contribution >= 0.6 is 0 Å². The molecule has 34 heavy (non-hydrogen) atoms. The van der Waals surface area contributed by atoms with Crippen molar-refractivity contribution in [2.75, 3.05) is 17.7 Å². The summed E-state index contributed by atoms with van der Waals surface area (Å²) < 4.78 is 26.0. The van der Waals surface area contributed by atoms with E-state index in [1.54, 1.807) is 67.6 Å². The van der Waals surface area contributed by atoms with Crippen molar-refractivity contribution in [3.8, 4) is 11.4 Å². The Labute approximate surface area is 198 Å². The van der Waals surface area contributed by atoms with Gasteiger partial charge in [0.2, 0.25) is 0 Å². The Kier molecular flexibility index (Phi) is 6.54. The Balaban J connectivity index is 1.63. The first-order chi connectivity index (χ1) is 16.2. The number of urea groups is 1. The van der Waals surface area contributed by atoms with Gasteiger partial charge in [-0.2, -0.15) is 0 Å². The predicted molar refractivity (Wildman–Crippen MR) is 130 cm³/mol. The van der Waals surface area contributed by atoms with Crippen LogP contribution in [0.5, 0.6) is 0 Å². The van der Waals surface area contributed by atoms with Gasteiger partial charge in [0.1, 0.15) is 10.6 Å². The molecule has 0 spiro atoms. The first-order valence-electron chi connectivity index (χ1n) is 11.0. The van der Waals surface area contributed by atoms with Gasteiger partial charge in [0.15, 0.2) is 15.7 Å². The lowest BCUT2D eigenvalue weighted by atomic mass is 9.81. The lowest BCUT2D eigenvalue weighted by Crippen LogP contribution is -2.43. The monoisotopic (exact) mass is 481 g/mol. The number of aromatic nitrogens is 2. The second-order valence-electron chi connectivity index (χ2n) is 8.43. The van der Waals surface area contributed by atoms with Gasteiger partial charge in [-0.3, -0.25) is 0 Å². The van der Waals surface area contributed by atoms with Crippen LogP contribution in [-0.4, -0.2) is 42.2 Å². The molecule has 2 amide bonds. The lowest BCUT2D eigenvalue weighted by molar-refractivity contribution is 0.229. The third-order valence-electron chi connectivity index (χ3n) is 5.99. The molecule has 2 aromatic carbocycles. The van der Waals surface area contributed by atoms with E-state index in [0.29, 0.717) is 35.6 Å². The maximum Gasteiger partial charge on any atom is 0.319 e. The molecule has 1 atom stereocenters. The highest BCUT2D eigenvalue weighted by atomic mass is 32.2. The van der Waals surface area contributed by atoms with Gasteiger partial charge in [-0.25, -0.2) is 23.2 Å². The van der Waals surface area contributed by atoms with E-state index in [1.165, 1.54) is 0 Å². The van der Waals surface area contributed by atoms with Gasteiger partial charge in [-0.1, -0.05) is 18.2 Å². The van der Waals surface area contributed by atoms with Crippen molar-refractivity contribution >= 4 is 27.4 Å². The van der Waals surface area contributed by atoms with Crippen molar-refractivity contribution < 1.29 is 18.3 Å². The highest BCUT2D eigenvalue weighted by Gasteiger charge is 2.52. The molecule has 0 radical (unpaired) electrons. The zero-order valence-electron chi connectivity index (χ0n) is 18.7. The van der Waals surface area contributed by atoms with Gasteiger partial charge < -0.3 is 21.5 Å². The van der Waals surface area contributed by atoms with E-state index >= 15 is 0 Å². The first-order valence-corrected chi connectivity index (χ1v) is 12.5. The maximum absolute atomic E-state index is 13.6. The number of hydrogen-bond acceptors (Lipinski definition) is 7. The number of carbonyl (C=O) groups is 1. The minimum atomic E-state index is -3.68. The standard InChI is InChI=1S/C24H27N5O4S/c1-16(15-30)26-23(31)27-18-10-8-17(9-11-18)22-28-20(14-21(25)29-22)24(12-5-13-24)34(32,33)19-6-3-2-4-7-19/h2-4,6-11,14,16,30H,5,12-13,15H2,1H3,(H2,25,28,29)(H2,26,27,31)/t16-/m0/s1. The molecular weight excluding hydrogens is 454 g/mol. The largest absolute Gasteiger partial charge is 0.394 e. The molecule has 1 heterocycles. The molecule has 1 aromatic heterocycles. The molecular formula is C24H27N5O4S. The molecule has 1 fully saturated rings. The van der Waals surface area contributed by atoms with E-state index in [-0.39, 0.29) is 23.4 Å². The number of rotatable bonds is 7. The van der Waals surface area contributed by atoms with Gasteiger partial charge >= 0.3 is 6.03 Å². The van der Waals surface area contributed by atoms with Crippen LogP contribution in [0.2, 0.25) is 0 Å². The van der Waals surface area contributed by atoms with Crippen molar-refractivity contribution in [3.63, 3.8) is 0 Å². The number of aliphatic hydroxyl groups is 1. The van der Waals surface area contributed by atoms with Crippen molar-refractivity contribution in [2.45, 2.75) is 41.9 Å². The maximum atomic E-state index is 13.6. The number of carbonyl (C=O) groups excluding carboxylic acids is 1. The van der Waals surface area contributed by atoms with Crippen molar-refractivity contribution in [1.29, 1.82) is 0 Å². The summed E-state index contributed by atoms with van der Waals surface area (Å²) in [6.45, 7) is 1.52. The van der Waals surface area contributed by atoms with Crippen LogP contribution in [0.25, 0.3) is 11.4 Å². The van der Waals surface area contributed by atoms with Crippen LogP contribution in [0.15, 0.2) is 65.6 Å². The minimum absolute atomic E-state index is 0.164. The van der Waals surface area contributed by atoms with Crippen LogP contribution in [-0.2, 0) is 14.6 Å². The second kappa shape index (κ2) is 9.40. The molecule has 9 nitrogen and oxygen atoms in total. The van der Waals surface area contributed by atoms with E-state index in [9.17, 15) is 13.2 Å². The summed E-state index contributed by atoms with van der Waals surface area (Å²) in [4.78, 5) is 21.2. The van der Waals surface area contributed by atoms with Crippen LogP contribution in [0.3, 0.4) is 0 Å². The van der Waals surface area contributed by atoms with Gasteiger partial charge in [-0.15, -0.1) is 0 Å². The van der Waals surface area contributed by atoms with Crippen molar-refractivity contribution in [3.05, 3.63) is 66.4 Å². The number of nitrogens with zero attached hydrogens (tertiary/aromatic N) is 2. The number of aliphatic hydroxyl groups excluding tert-OH is 1. The topological polar surface area (TPSA) is 147 Å². The predicted octanol–water partition coefficient (Wildman–Crippen LogP) is 3.08. The van der Waals surface area contributed by atoms with Gasteiger partial charge in [0.25, 0.3) is 0 Å². The van der Waals surface area contributed by atoms with E-state index in [0.717, 1.165) is 6.42 Å². The van der Waals surface area contributed by atoms with E-state index < -0.39 is 20.6 Å². The average Bonchev–Trinajstić information content (AvgIpc) is 2.78. The van der Waals surface area contributed by atoms with Crippen LogP contribution in [0, 0.1) is 0 Å². The summed E-state index contributed by atoms with van der Waals surface area (Å²) in [5.41, 5.74) is 7.64. The molecule has 1 saturated carbocycles. The molecule has 0 unspecified atom stereocenters. The molecule has 0 aliphatic heterocycles. The lowest BCUT2D eigenvalue weighted by Gasteiger charge is -2.40. The molecule has 10 heteroatoms. The SMILES string of the molecule is C[C@@H](CO)NC(=O)Nc1ccc(-c2nc(N)cc(C3(S(=O)(=O)c4ccccc4)CCC3)n2)cc1. The molecule has 4 rings (SSSR count). The fraction of sp³-hybridized carbons (Fsp3) is 0.292. The summed E-state index contributed by atoms with van der Waals surface area (Å²) in [6, 6.07) is 16.0. The number of sulfone groups is 1. The number of anilines is 2. The highest BCUT2D eigenvalue weighted by Crippen LogP contribution is 2.50. The molecule has 178 valence electrons. The molecule has 3 aromatic rings. The summed E-state index contributed by atoms with van der Waals surface area (Å²) in [5, 5.41) is 14.3. The Morgan fingerprint density at radius 3 is 2.38 bits per heavy atom. The summed E-state index contributed by atoms with van der Waals surface area (Å²) in [5.74, 6) is 0.503. The zero-order chi connectivity index (χ0) is 24.3. The summed E-state index contributed by atoms with van der Waals surface area (Å²) in [6.07, 6.45) is 1.71. The quantitative estimate of drug-likeness (QED) is 0.405. The van der Waals surface area contributed by atoms with E-state index in [2.05, 4.69) is 20.6 Å². The molecule has 0 saturated heterocycles. The molecule has 1 aliphatic carbocycles. The Morgan fingerprint density at radius 2 is 1.79 bits per heavy atom. The molecule has 0 bridgehead atoms. The van der Waals surface area contributed by atoms with Crippen molar-refractivity contribution in [1.82, 2.24) is 15.3 Å². The van der Waals surface area contributed by atoms with Gasteiger partial charge in [0, 0.05) is 17.3 Å². The number of benzene rings is 2. The van der Waals surface area contributed by atoms with Crippen LogP contribution < -0.4 is 16.4 Å². The smallest absolute Gasteiger partial charge is 0.319 e. The Morgan fingerprint density at radius 1 is 1.12 bits per heavy atom. The number of nitrogens with two attached hydrogens (primary N) is 1. The number of amides is 2. The molecule has 1 aliphatic rings.